The Hall–Kier alpha value is -3.15. The number of likely N-dealkylation sites (tertiary alicyclic amines) is 1. The molecule has 0 unspecified atom stereocenters. The first kappa shape index (κ1) is 18.2. The van der Waals surface area contributed by atoms with Crippen LogP contribution in [0.5, 0.6) is 0 Å². The monoisotopic (exact) mass is 378 g/mol. The zero-order valence-electron chi connectivity index (χ0n) is 15.5. The molecule has 1 atom stereocenters. The van der Waals surface area contributed by atoms with Crippen LogP contribution in [0.2, 0.25) is 0 Å². The Morgan fingerprint density at radius 1 is 1.14 bits per heavy atom. The van der Waals surface area contributed by atoms with E-state index < -0.39 is 5.97 Å². The number of carboxylic acid groups (broad SMARTS) is 1. The van der Waals surface area contributed by atoms with Gasteiger partial charge in [0, 0.05) is 19.5 Å². The van der Waals surface area contributed by atoms with E-state index in [2.05, 4.69) is 4.98 Å². The van der Waals surface area contributed by atoms with Crippen LogP contribution in [-0.2, 0) is 11.2 Å². The van der Waals surface area contributed by atoms with Crippen molar-refractivity contribution in [3.8, 4) is 0 Å². The summed E-state index contributed by atoms with van der Waals surface area (Å²) >= 11 is 0. The highest BCUT2D eigenvalue weighted by Crippen LogP contribution is 2.29. The molecule has 6 nitrogen and oxygen atoms in total. The number of oxazole rings is 1. The highest BCUT2D eigenvalue weighted by molar-refractivity contribution is 5.87. The van der Waals surface area contributed by atoms with Crippen LogP contribution in [0.1, 0.15) is 47.0 Å². The van der Waals surface area contributed by atoms with E-state index >= 15 is 0 Å². The molecule has 1 aromatic heterocycles. The second-order valence-electron chi connectivity index (χ2n) is 7.20. The van der Waals surface area contributed by atoms with Gasteiger partial charge in [-0.1, -0.05) is 24.3 Å². The Bertz CT molecular complexity index is 960. The molecule has 28 heavy (non-hydrogen) atoms. The van der Waals surface area contributed by atoms with Gasteiger partial charge in [0.05, 0.1) is 11.5 Å². The fraction of sp³-hybridized carbons (Fsp3) is 0.318. The summed E-state index contributed by atoms with van der Waals surface area (Å²) in [7, 11) is 0. The SMILES string of the molecule is O=C(O)c1ccc(CCC(=O)N2CCC[C@H](c3nc4ccccc4o3)C2)cc1. The highest BCUT2D eigenvalue weighted by atomic mass is 16.4. The van der Waals surface area contributed by atoms with E-state index in [1.807, 2.05) is 29.2 Å². The summed E-state index contributed by atoms with van der Waals surface area (Å²) in [4.78, 5) is 30.1. The number of para-hydroxylation sites is 2. The molecular formula is C22H22N2O4. The standard InChI is InChI=1S/C22H22N2O4/c25-20(12-9-15-7-10-16(11-8-15)22(26)27)24-13-3-4-17(14-24)21-23-18-5-1-2-6-19(18)28-21/h1-2,5-8,10-11,17H,3-4,9,12-14H2,(H,26,27)/t17-/m0/s1. The number of hydrogen-bond acceptors (Lipinski definition) is 4. The second-order valence-corrected chi connectivity index (χ2v) is 7.20. The van der Waals surface area contributed by atoms with Crippen molar-refractivity contribution in [2.45, 2.75) is 31.6 Å². The van der Waals surface area contributed by atoms with Crippen molar-refractivity contribution >= 4 is 23.0 Å². The van der Waals surface area contributed by atoms with Gasteiger partial charge in [-0.2, -0.15) is 0 Å². The van der Waals surface area contributed by atoms with E-state index in [4.69, 9.17) is 9.52 Å². The minimum atomic E-state index is -0.943. The van der Waals surface area contributed by atoms with E-state index in [1.165, 1.54) is 0 Å². The maximum absolute atomic E-state index is 12.7. The van der Waals surface area contributed by atoms with Gasteiger partial charge in [0.2, 0.25) is 5.91 Å². The van der Waals surface area contributed by atoms with Crippen molar-refractivity contribution in [1.29, 1.82) is 0 Å². The molecule has 2 aromatic carbocycles. The molecule has 6 heteroatoms. The molecule has 144 valence electrons. The van der Waals surface area contributed by atoms with Crippen molar-refractivity contribution in [3.63, 3.8) is 0 Å². The van der Waals surface area contributed by atoms with Crippen molar-refractivity contribution < 1.29 is 19.1 Å². The topological polar surface area (TPSA) is 83.6 Å². The van der Waals surface area contributed by atoms with E-state index in [-0.39, 0.29) is 17.4 Å². The Balaban J connectivity index is 1.37. The third kappa shape index (κ3) is 3.91. The number of benzene rings is 2. The van der Waals surface area contributed by atoms with Gasteiger partial charge in [-0.15, -0.1) is 0 Å². The lowest BCUT2D eigenvalue weighted by Crippen LogP contribution is -2.39. The van der Waals surface area contributed by atoms with Crippen molar-refractivity contribution in [1.82, 2.24) is 9.88 Å². The largest absolute Gasteiger partial charge is 0.478 e. The molecule has 0 radical (unpaired) electrons. The lowest BCUT2D eigenvalue weighted by Gasteiger charge is -2.31. The maximum Gasteiger partial charge on any atom is 0.335 e. The molecule has 1 aliphatic heterocycles. The van der Waals surface area contributed by atoms with Gasteiger partial charge in [0.15, 0.2) is 11.5 Å². The summed E-state index contributed by atoms with van der Waals surface area (Å²) in [5.41, 5.74) is 2.86. The predicted octanol–water partition coefficient (Wildman–Crippen LogP) is 3.86. The predicted molar refractivity (Wildman–Crippen MR) is 104 cm³/mol. The second kappa shape index (κ2) is 7.84. The minimum Gasteiger partial charge on any atom is -0.478 e. The van der Waals surface area contributed by atoms with Crippen LogP contribution in [0.3, 0.4) is 0 Å². The number of rotatable bonds is 5. The zero-order chi connectivity index (χ0) is 19.5. The Kier molecular flexibility index (Phi) is 5.10. The van der Waals surface area contributed by atoms with E-state index in [9.17, 15) is 9.59 Å². The van der Waals surface area contributed by atoms with Crippen LogP contribution in [0.25, 0.3) is 11.1 Å². The van der Waals surface area contributed by atoms with Gasteiger partial charge in [0.1, 0.15) is 5.52 Å². The van der Waals surface area contributed by atoms with Crippen LogP contribution in [-0.4, -0.2) is 40.0 Å². The molecule has 3 aromatic rings. The molecule has 1 fully saturated rings. The van der Waals surface area contributed by atoms with Crippen molar-refractivity contribution in [2.24, 2.45) is 0 Å². The number of carbonyl (C=O) groups is 2. The first-order valence-electron chi connectivity index (χ1n) is 9.55. The van der Waals surface area contributed by atoms with Gasteiger partial charge in [-0.25, -0.2) is 9.78 Å². The van der Waals surface area contributed by atoms with Crippen LogP contribution >= 0.6 is 0 Å². The molecule has 2 heterocycles. The van der Waals surface area contributed by atoms with E-state index in [1.54, 1.807) is 24.3 Å². The average Bonchev–Trinajstić information content (AvgIpc) is 3.17. The zero-order valence-corrected chi connectivity index (χ0v) is 15.5. The lowest BCUT2D eigenvalue weighted by atomic mass is 9.97. The first-order chi connectivity index (χ1) is 13.6. The first-order valence-corrected chi connectivity index (χ1v) is 9.55. The molecule has 0 aliphatic carbocycles. The summed E-state index contributed by atoms with van der Waals surface area (Å²) in [5.74, 6) is 0.00668. The van der Waals surface area contributed by atoms with Crippen LogP contribution in [0, 0.1) is 0 Å². The molecular weight excluding hydrogens is 356 g/mol. The minimum absolute atomic E-state index is 0.114. The van der Waals surface area contributed by atoms with Crippen molar-refractivity contribution in [2.75, 3.05) is 13.1 Å². The average molecular weight is 378 g/mol. The molecule has 0 saturated carbocycles. The smallest absolute Gasteiger partial charge is 0.335 e. The van der Waals surface area contributed by atoms with Gasteiger partial charge >= 0.3 is 5.97 Å². The van der Waals surface area contributed by atoms with Gasteiger partial charge in [0.25, 0.3) is 0 Å². The van der Waals surface area contributed by atoms with Crippen LogP contribution in [0.4, 0.5) is 0 Å². The van der Waals surface area contributed by atoms with Gasteiger partial charge < -0.3 is 14.4 Å². The maximum atomic E-state index is 12.7. The normalized spacial score (nSPS) is 17.0. The number of amides is 1. The fourth-order valence-electron chi connectivity index (χ4n) is 3.69. The van der Waals surface area contributed by atoms with Crippen LogP contribution in [0.15, 0.2) is 52.9 Å². The van der Waals surface area contributed by atoms with Crippen LogP contribution < -0.4 is 0 Å². The number of carboxylic acids is 1. The molecule has 4 rings (SSSR count). The van der Waals surface area contributed by atoms with Gasteiger partial charge in [-0.05, 0) is 49.1 Å². The summed E-state index contributed by atoms with van der Waals surface area (Å²) in [6.07, 6.45) is 2.91. The van der Waals surface area contributed by atoms with E-state index in [0.29, 0.717) is 25.3 Å². The Labute approximate surface area is 162 Å². The van der Waals surface area contributed by atoms with E-state index in [0.717, 1.165) is 36.0 Å². The molecule has 1 amide bonds. The van der Waals surface area contributed by atoms with Crippen molar-refractivity contribution in [3.05, 3.63) is 65.5 Å². The van der Waals surface area contributed by atoms with Gasteiger partial charge in [-0.3, -0.25) is 4.79 Å². The quantitative estimate of drug-likeness (QED) is 0.729. The number of aromatic nitrogens is 1. The molecule has 0 spiro atoms. The summed E-state index contributed by atoms with van der Waals surface area (Å²) in [6, 6.07) is 14.4. The molecule has 1 aliphatic rings. The number of carbonyl (C=O) groups excluding carboxylic acids is 1. The number of nitrogens with zero attached hydrogens (tertiary/aromatic N) is 2. The number of aryl methyl sites for hydroxylation is 1. The number of hydrogen-bond donors (Lipinski definition) is 1. The molecule has 1 N–H and O–H groups in total. The fourth-order valence-corrected chi connectivity index (χ4v) is 3.69. The Morgan fingerprint density at radius 2 is 1.93 bits per heavy atom. The number of aromatic carboxylic acids is 1. The molecule has 1 saturated heterocycles. The number of fused-ring (bicyclic) bond motifs is 1. The third-order valence-corrected chi connectivity index (χ3v) is 5.26. The molecule has 0 bridgehead atoms. The summed E-state index contributed by atoms with van der Waals surface area (Å²) in [6.45, 7) is 1.39. The summed E-state index contributed by atoms with van der Waals surface area (Å²) in [5, 5.41) is 8.96. The highest BCUT2D eigenvalue weighted by Gasteiger charge is 2.27. The lowest BCUT2D eigenvalue weighted by molar-refractivity contribution is -0.132. The third-order valence-electron chi connectivity index (χ3n) is 5.26. The Morgan fingerprint density at radius 3 is 2.68 bits per heavy atom. The number of piperidine rings is 1. The summed E-state index contributed by atoms with van der Waals surface area (Å²) < 4.78 is 5.90.